The van der Waals surface area contributed by atoms with Gasteiger partial charge in [0.1, 0.15) is 25.0 Å². The van der Waals surface area contributed by atoms with Crippen molar-refractivity contribution in [1.29, 1.82) is 0 Å². The maximum Gasteiger partial charge on any atom is 0.338 e. The quantitative estimate of drug-likeness (QED) is 0.243. The molecule has 1 aliphatic heterocycles. The molecule has 1 aliphatic rings. The zero-order chi connectivity index (χ0) is 24.6. The van der Waals surface area contributed by atoms with Gasteiger partial charge in [-0.25, -0.2) is 19.2 Å². The summed E-state index contributed by atoms with van der Waals surface area (Å²) in [6.07, 6.45) is 4.03. The third-order valence-electron chi connectivity index (χ3n) is 5.67. The highest BCUT2D eigenvalue weighted by atomic mass is 19.1. The first kappa shape index (κ1) is 24.4. The van der Waals surface area contributed by atoms with Crippen molar-refractivity contribution in [3.8, 4) is 0 Å². The lowest BCUT2D eigenvalue weighted by Gasteiger charge is -2.18. The Hall–Kier alpha value is -3.69. The summed E-state index contributed by atoms with van der Waals surface area (Å²) in [5.74, 6) is -0.00780. The third-order valence-corrected chi connectivity index (χ3v) is 5.67. The summed E-state index contributed by atoms with van der Waals surface area (Å²) in [4.78, 5) is 27.0. The molecule has 182 valence electrons. The lowest BCUT2D eigenvalue weighted by molar-refractivity contribution is -0.0316. The van der Waals surface area contributed by atoms with Crippen molar-refractivity contribution < 1.29 is 18.7 Å². The minimum absolute atomic E-state index is 0.176. The number of rotatable bonds is 10. The van der Waals surface area contributed by atoms with Gasteiger partial charge in [-0.3, -0.25) is 14.5 Å². The standard InChI is InChI=1S/C26H28FN5O3/c1-28-17-29-25-23(15-31(2)14-19-7-6-10-21(27)13-19)30-18-32(25)24-12-11-22(35-24)16-34-26(33)20-8-4-3-5-9-20/h3-10,13,17-18,22,24H,1,11-12,14-16H2,2H3/b29-17-. The van der Waals surface area contributed by atoms with E-state index >= 15 is 0 Å². The van der Waals surface area contributed by atoms with Crippen LogP contribution in [0.3, 0.4) is 0 Å². The highest BCUT2D eigenvalue weighted by Gasteiger charge is 2.30. The number of hydrogen-bond donors (Lipinski definition) is 0. The molecule has 1 aromatic heterocycles. The second-order valence-electron chi connectivity index (χ2n) is 8.41. The SMILES string of the molecule is C=N/C=N\c1c(CN(C)Cc2cccc(F)c2)ncn1C1CCC(COC(=O)c2ccccc2)O1. The maximum absolute atomic E-state index is 13.5. The van der Waals surface area contributed by atoms with Gasteiger partial charge in [0.05, 0.1) is 23.7 Å². The lowest BCUT2D eigenvalue weighted by atomic mass is 10.2. The second-order valence-corrected chi connectivity index (χ2v) is 8.41. The Morgan fingerprint density at radius 3 is 2.86 bits per heavy atom. The Morgan fingerprint density at radius 2 is 2.09 bits per heavy atom. The minimum atomic E-state index is -0.369. The van der Waals surface area contributed by atoms with E-state index in [-0.39, 0.29) is 30.7 Å². The molecule has 35 heavy (non-hydrogen) atoms. The van der Waals surface area contributed by atoms with E-state index in [0.29, 0.717) is 24.5 Å². The van der Waals surface area contributed by atoms with Gasteiger partial charge < -0.3 is 9.47 Å². The Labute approximate surface area is 203 Å². The topological polar surface area (TPSA) is 81.3 Å². The fourth-order valence-corrected chi connectivity index (χ4v) is 4.05. The average Bonchev–Trinajstić information content (AvgIpc) is 3.48. The van der Waals surface area contributed by atoms with Crippen LogP contribution in [0.1, 0.15) is 40.7 Å². The molecule has 9 heteroatoms. The third kappa shape index (κ3) is 6.46. The van der Waals surface area contributed by atoms with Crippen LogP contribution in [-0.2, 0) is 22.6 Å². The number of halogens is 1. The van der Waals surface area contributed by atoms with E-state index in [1.807, 2.05) is 28.6 Å². The summed E-state index contributed by atoms with van der Waals surface area (Å²) in [5.41, 5.74) is 2.13. The van der Waals surface area contributed by atoms with E-state index < -0.39 is 0 Å². The largest absolute Gasteiger partial charge is 0.459 e. The van der Waals surface area contributed by atoms with Crippen LogP contribution in [0, 0.1) is 5.82 Å². The van der Waals surface area contributed by atoms with Gasteiger partial charge in [-0.1, -0.05) is 30.3 Å². The van der Waals surface area contributed by atoms with Crippen molar-refractivity contribution in [2.24, 2.45) is 9.98 Å². The molecule has 0 N–H and O–H groups in total. The number of aliphatic imine (C=N–C) groups is 2. The van der Waals surface area contributed by atoms with Gasteiger partial charge in [-0.15, -0.1) is 0 Å². The second kappa shape index (κ2) is 11.6. The van der Waals surface area contributed by atoms with Crippen LogP contribution in [-0.4, -0.2) is 53.2 Å². The molecule has 1 fully saturated rings. The van der Waals surface area contributed by atoms with Crippen molar-refractivity contribution in [1.82, 2.24) is 14.5 Å². The number of benzene rings is 2. The van der Waals surface area contributed by atoms with Crippen LogP contribution in [0.15, 0.2) is 70.9 Å². The highest BCUT2D eigenvalue weighted by molar-refractivity contribution is 5.89. The van der Waals surface area contributed by atoms with Gasteiger partial charge in [-0.05, 0) is 56.4 Å². The van der Waals surface area contributed by atoms with Crippen LogP contribution in [0.4, 0.5) is 10.2 Å². The average molecular weight is 478 g/mol. The van der Waals surface area contributed by atoms with Gasteiger partial charge in [0, 0.05) is 13.1 Å². The van der Waals surface area contributed by atoms with Crippen molar-refractivity contribution >= 4 is 24.8 Å². The van der Waals surface area contributed by atoms with Gasteiger partial charge in [-0.2, -0.15) is 0 Å². The lowest BCUT2D eigenvalue weighted by Crippen LogP contribution is -2.19. The summed E-state index contributed by atoms with van der Waals surface area (Å²) in [6, 6.07) is 15.4. The van der Waals surface area contributed by atoms with Crippen molar-refractivity contribution in [3.05, 3.63) is 83.6 Å². The molecule has 0 radical (unpaired) electrons. The van der Waals surface area contributed by atoms with E-state index in [1.54, 1.807) is 36.7 Å². The predicted molar refractivity (Wildman–Crippen MR) is 131 cm³/mol. The van der Waals surface area contributed by atoms with E-state index in [0.717, 1.165) is 24.1 Å². The molecule has 1 saturated heterocycles. The van der Waals surface area contributed by atoms with E-state index in [1.165, 1.54) is 18.5 Å². The maximum atomic E-state index is 13.5. The number of hydrogen-bond acceptors (Lipinski definition) is 6. The smallest absolute Gasteiger partial charge is 0.338 e. The molecular formula is C26H28FN5O3. The van der Waals surface area contributed by atoms with Crippen molar-refractivity contribution in [2.75, 3.05) is 13.7 Å². The molecule has 8 nitrogen and oxygen atoms in total. The number of carbonyl (C=O) groups is 1. The fourth-order valence-electron chi connectivity index (χ4n) is 4.05. The number of ether oxygens (including phenoxy) is 2. The minimum Gasteiger partial charge on any atom is -0.459 e. The molecule has 0 saturated carbocycles. The van der Waals surface area contributed by atoms with Crippen LogP contribution < -0.4 is 0 Å². The van der Waals surface area contributed by atoms with Gasteiger partial charge in [0.15, 0.2) is 5.82 Å². The van der Waals surface area contributed by atoms with Gasteiger partial charge in [0.25, 0.3) is 0 Å². The van der Waals surface area contributed by atoms with Gasteiger partial charge >= 0.3 is 5.97 Å². The Kier molecular flexibility index (Phi) is 8.12. The summed E-state index contributed by atoms with van der Waals surface area (Å²) in [5, 5.41) is 0. The molecular weight excluding hydrogens is 449 g/mol. The van der Waals surface area contributed by atoms with E-state index in [4.69, 9.17) is 9.47 Å². The van der Waals surface area contributed by atoms with Crippen LogP contribution in [0.25, 0.3) is 0 Å². The monoisotopic (exact) mass is 477 g/mol. The molecule has 0 spiro atoms. The fraction of sp³-hybridized carbons (Fsp3) is 0.308. The van der Waals surface area contributed by atoms with Crippen molar-refractivity contribution in [2.45, 2.75) is 38.3 Å². The van der Waals surface area contributed by atoms with Crippen LogP contribution in [0.5, 0.6) is 0 Å². The van der Waals surface area contributed by atoms with E-state index in [2.05, 4.69) is 21.7 Å². The number of aromatic nitrogens is 2. The highest BCUT2D eigenvalue weighted by Crippen LogP contribution is 2.33. The Balaban J connectivity index is 1.39. The molecule has 2 aromatic carbocycles. The normalized spacial score (nSPS) is 17.8. The zero-order valence-corrected chi connectivity index (χ0v) is 19.6. The molecule has 2 unspecified atom stereocenters. The predicted octanol–water partition coefficient (Wildman–Crippen LogP) is 4.55. The number of carbonyl (C=O) groups excluding carboxylic acids is 1. The molecule has 0 amide bonds. The Morgan fingerprint density at radius 1 is 1.26 bits per heavy atom. The van der Waals surface area contributed by atoms with Crippen molar-refractivity contribution in [3.63, 3.8) is 0 Å². The first-order valence-electron chi connectivity index (χ1n) is 11.4. The number of imidazole rings is 1. The molecule has 2 atom stereocenters. The molecule has 2 heterocycles. The van der Waals surface area contributed by atoms with Gasteiger partial charge in [0.2, 0.25) is 0 Å². The summed E-state index contributed by atoms with van der Waals surface area (Å²) < 4.78 is 27.0. The molecule has 4 rings (SSSR count). The summed E-state index contributed by atoms with van der Waals surface area (Å²) >= 11 is 0. The number of esters is 1. The van der Waals surface area contributed by atoms with Crippen LogP contribution >= 0.6 is 0 Å². The summed E-state index contributed by atoms with van der Waals surface area (Å²) in [7, 11) is 1.94. The molecule has 3 aromatic rings. The first-order valence-corrected chi connectivity index (χ1v) is 11.4. The Bertz CT molecular complexity index is 1180. The van der Waals surface area contributed by atoms with Crippen LogP contribution in [0.2, 0.25) is 0 Å². The molecule has 0 aliphatic carbocycles. The first-order chi connectivity index (χ1) is 17.0. The summed E-state index contributed by atoms with van der Waals surface area (Å²) in [6.45, 7) is 4.70. The molecule has 0 bridgehead atoms. The zero-order valence-electron chi connectivity index (χ0n) is 19.6. The number of nitrogens with zero attached hydrogens (tertiary/aromatic N) is 5. The van der Waals surface area contributed by atoms with E-state index in [9.17, 15) is 9.18 Å².